The summed E-state index contributed by atoms with van der Waals surface area (Å²) in [4.78, 5) is 22.2. The van der Waals surface area contributed by atoms with Crippen molar-refractivity contribution in [3.05, 3.63) is 70.1 Å². The maximum Gasteiger partial charge on any atom is 0.310 e. The number of nitro groups is 1. The van der Waals surface area contributed by atoms with E-state index in [1.165, 1.54) is 32.4 Å². The van der Waals surface area contributed by atoms with E-state index in [0.29, 0.717) is 16.5 Å². The molecule has 0 radical (unpaired) electrons. The van der Waals surface area contributed by atoms with Gasteiger partial charge in [-0.25, -0.2) is 12.4 Å². The van der Waals surface area contributed by atoms with E-state index >= 15 is 0 Å². The van der Waals surface area contributed by atoms with E-state index < -0.39 is 25.7 Å². The first-order valence-electron chi connectivity index (χ1n) is 8.14. The second-order valence-electron chi connectivity index (χ2n) is 6.47. The minimum Gasteiger partial charge on any atom is -0.469 e. The molecule has 1 unspecified atom stereocenters. The highest BCUT2D eigenvalue weighted by molar-refractivity contribution is 7.91. The van der Waals surface area contributed by atoms with Gasteiger partial charge in [-0.2, -0.15) is 0 Å². The summed E-state index contributed by atoms with van der Waals surface area (Å²) in [6.07, 6.45) is 5.36. The summed E-state index contributed by atoms with van der Waals surface area (Å²) in [6.45, 7) is 1.45. The Morgan fingerprint density at radius 2 is 2.07 bits per heavy atom. The number of benzene rings is 1. The number of methoxy groups -OCH3 is 1. The number of allylic oxidation sites excluding steroid dienone is 2. The second-order valence-corrected chi connectivity index (χ2v) is 8.75. The van der Waals surface area contributed by atoms with Gasteiger partial charge in [0.15, 0.2) is 0 Å². The Bertz CT molecular complexity index is 1100. The maximum absolute atomic E-state index is 13.4. The number of esters is 1. The Labute approximate surface area is 155 Å². The fourth-order valence-corrected chi connectivity index (χ4v) is 4.85. The first kappa shape index (κ1) is 18.8. The topological polar surface area (TPSA) is 109 Å². The Kier molecular flexibility index (Phi) is 4.64. The molecule has 0 saturated carbocycles. The van der Waals surface area contributed by atoms with Crippen LogP contribution in [0.5, 0.6) is 0 Å². The monoisotopic (exact) mass is 390 g/mol. The average Bonchev–Trinajstić information content (AvgIpc) is 3.01. The predicted molar refractivity (Wildman–Crippen MR) is 99.2 cm³/mol. The molecule has 1 aliphatic rings. The smallest absolute Gasteiger partial charge is 0.310 e. The number of para-hydroxylation sites is 1. The Morgan fingerprint density at radius 1 is 1.37 bits per heavy atom. The van der Waals surface area contributed by atoms with Gasteiger partial charge in [0, 0.05) is 23.7 Å². The zero-order chi connectivity index (χ0) is 19.8. The van der Waals surface area contributed by atoms with Crippen LogP contribution in [0.1, 0.15) is 18.9 Å². The van der Waals surface area contributed by atoms with E-state index in [-0.39, 0.29) is 18.5 Å². The Morgan fingerprint density at radius 3 is 2.74 bits per heavy atom. The molecule has 1 atom stereocenters. The third-order valence-electron chi connectivity index (χ3n) is 4.65. The van der Waals surface area contributed by atoms with Crippen molar-refractivity contribution in [2.24, 2.45) is 0 Å². The molecule has 1 aromatic heterocycles. The largest absolute Gasteiger partial charge is 0.469 e. The van der Waals surface area contributed by atoms with Crippen LogP contribution in [-0.4, -0.2) is 35.1 Å². The lowest BCUT2D eigenvalue weighted by Gasteiger charge is -2.27. The normalized spacial score (nSPS) is 19.7. The van der Waals surface area contributed by atoms with Crippen molar-refractivity contribution < 1.29 is 22.9 Å². The van der Waals surface area contributed by atoms with E-state index in [1.807, 2.05) is 0 Å². The quantitative estimate of drug-likeness (QED) is 0.441. The van der Waals surface area contributed by atoms with Crippen LogP contribution in [0.2, 0.25) is 0 Å². The van der Waals surface area contributed by atoms with Crippen molar-refractivity contribution in [3.8, 4) is 0 Å². The van der Waals surface area contributed by atoms with Crippen LogP contribution in [0, 0.1) is 10.1 Å². The van der Waals surface area contributed by atoms with Gasteiger partial charge in [0.05, 0.1) is 24.0 Å². The molecule has 3 rings (SSSR count). The summed E-state index contributed by atoms with van der Waals surface area (Å²) in [5.41, 5.74) is 0.649. The van der Waals surface area contributed by atoms with Crippen molar-refractivity contribution >= 4 is 26.9 Å². The van der Waals surface area contributed by atoms with Crippen LogP contribution in [0.3, 0.4) is 0 Å². The summed E-state index contributed by atoms with van der Waals surface area (Å²) >= 11 is 0. The third kappa shape index (κ3) is 3.14. The number of carbonyl (C=O) groups excluding carboxylic acids is 1. The van der Waals surface area contributed by atoms with Crippen molar-refractivity contribution in [3.63, 3.8) is 0 Å². The number of hydrogen-bond acceptors (Lipinski definition) is 6. The first-order valence-corrected chi connectivity index (χ1v) is 9.58. The van der Waals surface area contributed by atoms with E-state index in [2.05, 4.69) is 4.74 Å². The highest BCUT2D eigenvalue weighted by Gasteiger charge is 2.42. The number of rotatable bonds is 5. The van der Waals surface area contributed by atoms with Gasteiger partial charge in [0.1, 0.15) is 4.75 Å². The lowest BCUT2D eigenvalue weighted by Crippen LogP contribution is -2.38. The van der Waals surface area contributed by atoms with Gasteiger partial charge in [-0.15, -0.1) is 0 Å². The Balaban J connectivity index is 2.18. The van der Waals surface area contributed by atoms with Crippen LogP contribution >= 0.6 is 0 Å². The molecule has 142 valence electrons. The number of ether oxygens (including phenoxy) is 1. The van der Waals surface area contributed by atoms with Crippen molar-refractivity contribution in [2.45, 2.75) is 24.5 Å². The molecule has 0 N–H and O–H groups in total. The van der Waals surface area contributed by atoms with Gasteiger partial charge in [0.2, 0.25) is 10.0 Å². The first-order chi connectivity index (χ1) is 12.7. The van der Waals surface area contributed by atoms with E-state index in [9.17, 15) is 23.3 Å². The van der Waals surface area contributed by atoms with Crippen molar-refractivity contribution in [1.82, 2.24) is 3.97 Å². The summed E-state index contributed by atoms with van der Waals surface area (Å²) in [6, 6.07) is 6.79. The van der Waals surface area contributed by atoms with Gasteiger partial charge in [0.25, 0.3) is 5.70 Å². The average molecular weight is 390 g/mol. The number of nitrogens with zero attached hydrogens (tertiary/aromatic N) is 2. The lowest BCUT2D eigenvalue weighted by molar-refractivity contribution is -0.419. The molecule has 0 aliphatic heterocycles. The zero-order valence-corrected chi connectivity index (χ0v) is 15.6. The second kappa shape index (κ2) is 6.66. The Hall–Kier alpha value is -2.94. The van der Waals surface area contributed by atoms with Crippen LogP contribution in [0.25, 0.3) is 10.9 Å². The molecular weight excluding hydrogens is 372 g/mol. The standard InChI is InChI=1S/C18H18N2O6S/c1-18(9-5-6-14(11-18)20(22)23)27(24,25)19-12-13(10-17(21)26-2)15-7-3-4-8-16(15)19/h3-8,11-12H,9-10H2,1-2H3. The molecule has 1 heterocycles. The van der Waals surface area contributed by atoms with Crippen LogP contribution in [0.15, 0.2) is 54.4 Å². The van der Waals surface area contributed by atoms with E-state index in [1.54, 1.807) is 24.3 Å². The molecule has 2 aromatic rings. The molecule has 0 bridgehead atoms. The van der Waals surface area contributed by atoms with Crippen LogP contribution in [-0.2, 0) is 26.0 Å². The molecule has 1 aromatic carbocycles. The van der Waals surface area contributed by atoms with Crippen LogP contribution in [0.4, 0.5) is 0 Å². The van der Waals surface area contributed by atoms with Crippen molar-refractivity contribution in [2.75, 3.05) is 7.11 Å². The van der Waals surface area contributed by atoms with Gasteiger partial charge in [-0.3, -0.25) is 14.9 Å². The molecule has 8 nitrogen and oxygen atoms in total. The molecule has 27 heavy (non-hydrogen) atoms. The van der Waals surface area contributed by atoms with Gasteiger partial charge in [-0.1, -0.05) is 24.3 Å². The summed E-state index contributed by atoms with van der Waals surface area (Å²) in [7, 11) is -2.78. The number of hydrogen-bond donors (Lipinski definition) is 0. The van der Waals surface area contributed by atoms with Crippen LogP contribution < -0.4 is 0 Å². The molecule has 0 fully saturated rings. The molecule has 0 spiro atoms. The fourth-order valence-electron chi connectivity index (χ4n) is 3.14. The van der Waals surface area contributed by atoms with Gasteiger partial charge >= 0.3 is 5.97 Å². The molecule has 0 amide bonds. The minimum atomic E-state index is -4.04. The highest BCUT2D eigenvalue weighted by Crippen LogP contribution is 2.34. The molecule has 0 saturated heterocycles. The minimum absolute atomic E-state index is 0.0772. The molecule has 1 aliphatic carbocycles. The number of carbonyl (C=O) groups is 1. The summed E-state index contributed by atoms with van der Waals surface area (Å²) in [5, 5.41) is 11.7. The predicted octanol–water partition coefficient (Wildman–Crippen LogP) is 2.41. The molecular formula is C18H18N2O6S. The number of fused-ring (bicyclic) bond motifs is 1. The zero-order valence-electron chi connectivity index (χ0n) is 14.8. The number of aromatic nitrogens is 1. The van der Waals surface area contributed by atoms with E-state index in [4.69, 9.17) is 0 Å². The third-order valence-corrected chi connectivity index (χ3v) is 6.93. The van der Waals surface area contributed by atoms with Crippen molar-refractivity contribution in [1.29, 1.82) is 0 Å². The highest BCUT2D eigenvalue weighted by atomic mass is 32.2. The van der Waals surface area contributed by atoms with Gasteiger partial charge < -0.3 is 4.74 Å². The SMILES string of the molecule is COC(=O)Cc1cn(S(=O)(=O)C2(C)C=C([N+](=O)[O-])C=CC2)c2ccccc12. The van der Waals surface area contributed by atoms with E-state index in [0.717, 1.165) is 10.0 Å². The summed E-state index contributed by atoms with van der Waals surface area (Å²) < 4.78 is 31.1. The summed E-state index contributed by atoms with van der Waals surface area (Å²) in [5.74, 6) is -0.488. The lowest BCUT2D eigenvalue weighted by atomic mass is 10.0. The van der Waals surface area contributed by atoms with Gasteiger partial charge in [-0.05, 0) is 25.0 Å². The molecule has 9 heteroatoms. The maximum atomic E-state index is 13.4. The fraction of sp³-hybridized carbons (Fsp3) is 0.278.